The van der Waals surface area contributed by atoms with Gasteiger partial charge in [-0.3, -0.25) is 4.79 Å². The topological polar surface area (TPSA) is 54.5 Å². The maximum atomic E-state index is 12.3. The van der Waals surface area contributed by atoms with Crippen molar-refractivity contribution in [2.24, 2.45) is 0 Å². The van der Waals surface area contributed by atoms with Gasteiger partial charge in [0.05, 0.1) is 25.4 Å². The highest BCUT2D eigenvalue weighted by Crippen LogP contribution is 2.21. The van der Waals surface area contributed by atoms with Crippen LogP contribution in [-0.4, -0.2) is 31.1 Å². The van der Waals surface area contributed by atoms with Gasteiger partial charge in [-0.2, -0.15) is 0 Å². The fraction of sp³-hybridized carbons (Fsp3) is 0.400. The first-order chi connectivity index (χ1) is 12.2. The number of ether oxygens (including phenoxy) is 1. The summed E-state index contributed by atoms with van der Waals surface area (Å²) in [5.74, 6) is 1.73. The van der Waals surface area contributed by atoms with Crippen LogP contribution in [0.4, 0.5) is 11.5 Å². The number of nitrogens with one attached hydrogen (secondary N) is 1. The molecule has 0 spiro atoms. The molecule has 25 heavy (non-hydrogen) atoms. The van der Waals surface area contributed by atoms with Crippen LogP contribution in [0.25, 0.3) is 0 Å². The van der Waals surface area contributed by atoms with Gasteiger partial charge in [0.2, 0.25) is 5.91 Å². The van der Waals surface area contributed by atoms with E-state index in [1.165, 1.54) is 19.3 Å². The lowest BCUT2D eigenvalue weighted by Crippen LogP contribution is -2.30. The van der Waals surface area contributed by atoms with Gasteiger partial charge in [-0.1, -0.05) is 12.1 Å². The van der Waals surface area contributed by atoms with Gasteiger partial charge in [-0.05, 0) is 55.5 Å². The third kappa shape index (κ3) is 4.50. The predicted octanol–water partition coefficient (Wildman–Crippen LogP) is 3.57. The monoisotopic (exact) mass is 339 g/mol. The van der Waals surface area contributed by atoms with Crippen LogP contribution in [0, 0.1) is 6.92 Å². The van der Waals surface area contributed by atoms with Gasteiger partial charge >= 0.3 is 0 Å². The molecule has 1 aromatic heterocycles. The average Bonchev–Trinajstić information content (AvgIpc) is 2.64. The molecule has 0 bridgehead atoms. The minimum atomic E-state index is -0.0570. The zero-order valence-corrected chi connectivity index (χ0v) is 14.9. The number of nitrogens with zero attached hydrogens (tertiary/aromatic N) is 2. The van der Waals surface area contributed by atoms with Crippen LogP contribution < -0.4 is 15.0 Å². The number of amides is 1. The molecule has 1 N–H and O–H groups in total. The molecule has 1 saturated heterocycles. The van der Waals surface area contributed by atoms with Gasteiger partial charge in [0.25, 0.3) is 0 Å². The van der Waals surface area contributed by atoms with E-state index in [0.717, 1.165) is 41.5 Å². The Bertz CT molecular complexity index is 722. The molecule has 1 aromatic carbocycles. The molecule has 0 unspecified atom stereocenters. The molecule has 2 heterocycles. The van der Waals surface area contributed by atoms with E-state index in [-0.39, 0.29) is 5.91 Å². The Balaban J connectivity index is 1.59. The summed E-state index contributed by atoms with van der Waals surface area (Å²) >= 11 is 0. The minimum Gasteiger partial charge on any atom is -0.496 e. The van der Waals surface area contributed by atoms with Gasteiger partial charge < -0.3 is 15.0 Å². The summed E-state index contributed by atoms with van der Waals surface area (Å²) in [7, 11) is 1.64. The van der Waals surface area contributed by atoms with E-state index in [1.54, 1.807) is 13.3 Å². The highest BCUT2D eigenvalue weighted by molar-refractivity contribution is 5.92. The number of anilines is 2. The number of carbonyl (C=O) groups is 1. The second-order valence-electron chi connectivity index (χ2n) is 6.48. The summed E-state index contributed by atoms with van der Waals surface area (Å²) in [5, 5.41) is 2.91. The van der Waals surface area contributed by atoms with Crippen molar-refractivity contribution in [3.8, 4) is 5.75 Å². The summed E-state index contributed by atoms with van der Waals surface area (Å²) in [4.78, 5) is 19.1. The Morgan fingerprint density at radius 2 is 2.00 bits per heavy atom. The normalized spacial score (nSPS) is 14.2. The van der Waals surface area contributed by atoms with Crippen LogP contribution in [0.1, 0.15) is 30.4 Å². The first kappa shape index (κ1) is 17.3. The highest BCUT2D eigenvalue weighted by Gasteiger charge is 2.12. The molecule has 1 fully saturated rings. The molecule has 1 amide bonds. The Kier molecular flexibility index (Phi) is 5.53. The summed E-state index contributed by atoms with van der Waals surface area (Å²) in [6.07, 6.45) is 5.79. The molecule has 2 aromatic rings. The zero-order valence-electron chi connectivity index (χ0n) is 14.9. The fourth-order valence-corrected chi connectivity index (χ4v) is 3.14. The summed E-state index contributed by atoms with van der Waals surface area (Å²) in [6, 6.07) is 9.73. The minimum absolute atomic E-state index is 0.0570. The lowest BCUT2D eigenvalue weighted by atomic mass is 10.1. The smallest absolute Gasteiger partial charge is 0.228 e. The molecule has 5 heteroatoms. The van der Waals surface area contributed by atoms with Crippen LogP contribution >= 0.6 is 0 Å². The van der Waals surface area contributed by atoms with Crippen molar-refractivity contribution in [3.63, 3.8) is 0 Å². The zero-order chi connectivity index (χ0) is 17.6. The summed E-state index contributed by atoms with van der Waals surface area (Å²) in [6.45, 7) is 4.11. The molecule has 0 radical (unpaired) electrons. The number of pyridine rings is 1. The van der Waals surface area contributed by atoms with Crippen LogP contribution in [0.15, 0.2) is 36.5 Å². The first-order valence-corrected chi connectivity index (χ1v) is 8.80. The van der Waals surface area contributed by atoms with E-state index in [4.69, 9.17) is 4.74 Å². The average molecular weight is 339 g/mol. The molecule has 5 nitrogen and oxygen atoms in total. The Hall–Kier alpha value is -2.56. The lowest BCUT2D eigenvalue weighted by molar-refractivity contribution is -0.115. The number of aryl methyl sites for hydroxylation is 1. The summed E-state index contributed by atoms with van der Waals surface area (Å²) in [5.41, 5.74) is 2.71. The van der Waals surface area contributed by atoms with Crippen molar-refractivity contribution in [2.45, 2.75) is 32.6 Å². The maximum Gasteiger partial charge on any atom is 0.228 e. The third-order valence-electron chi connectivity index (χ3n) is 4.55. The van der Waals surface area contributed by atoms with Crippen LogP contribution in [0.3, 0.4) is 0 Å². The highest BCUT2D eigenvalue weighted by atomic mass is 16.5. The molecule has 1 aliphatic rings. The van der Waals surface area contributed by atoms with Crippen molar-refractivity contribution in [2.75, 3.05) is 30.4 Å². The van der Waals surface area contributed by atoms with Crippen molar-refractivity contribution >= 4 is 17.4 Å². The van der Waals surface area contributed by atoms with Crippen LogP contribution in [0.5, 0.6) is 5.75 Å². The van der Waals surface area contributed by atoms with Gasteiger partial charge in [0, 0.05) is 13.1 Å². The largest absolute Gasteiger partial charge is 0.496 e. The number of benzene rings is 1. The molecule has 0 atom stereocenters. The number of hydrogen-bond donors (Lipinski definition) is 1. The van der Waals surface area contributed by atoms with Crippen molar-refractivity contribution in [3.05, 3.63) is 47.7 Å². The van der Waals surface area contributed by atoms with Gasteiger partial charge in [0.1, 0.15) is 11.6 Å². The van der Waals surface area contributed by atoms with E-state index in [9.17, 15) is 4.79 Å². The molecule has 1 aliphatic heterocycles. The number of hydrogen-bond acceptors (Lipinski definition) is 4. The molecule has 3 rings (SSSR count). The van der Waals surface area contributed by atoms with Crippen LogP contribution in [0.2, 0.25) is 0 Å². The van der Waals surface area contributed by atoms with E-state index in [2.05, 4.69) is 15.2 Å². The van der Waals surface area contributed by atoms with Gasteiger partial charge in [-0.25, -0.2) is 4.98 Å². The van der Waals surface area contributed by atoms with E-state index in [1.807, 2.05) is 37.3 Å². The standard InChI is InChI=1S/C20H25N3O2/c1-15-6-7-16(12-18(15)25-2)13-20(24)22-17-8-9-19(21-14-17)23-10-4-3-5-11-23/h6-9,12,14H,3-5,10-11,13H2,1-2H3,(H,22,24). The van der Waals surface area contributed by atoms with Crippen LogP contribution in [-0.2, 0) is 11.2 Å². The van der Waals surface area contributed by atoms with E-state index < -0.39 is 0 Å². The molecule has 132 valence electrons. The number of carbonyl (C=O) groups excluding carboxylic acids is 1. The molecular formula is C20H25N3O2. The SMILES string of the molecule is COc1cc(CC(=O)Nc2ccc(N3CCCCC3)nc2)ccc1C. The number of piperidine rings is 1. The summed E-state index contributed by atoms with van der Waals surface area (Å²) < 4.78 is 5.31. The third-order valence-corrected chi connectivity index (χ3v) is 4.55. The lowest BCUT2D eigenvalue weighted by Gasteiger charge is -2.27. The molecule has 0 saturated carbocycles. The number of rotatable bonds is 5. The van der Waals surface area contributed by atoms with Gasteiger partial charge in [-0.15, -0.1) is 0 Å². The quantitative estimate of drug-likeness (QED) is 0.905. The Morgan fingerprint density at radius 1 is 1.20 bits per heavy atom. The number of aromatic nitrogens is 1. The second kappa shape index (κ2) is 8.01. The molecular weight excluding hydrogens is 314 g/mol. The predicted molar refractivity (Wildman–Crippen MR) is 100 cm³/mol. The van der Waals surface area contributed by atoms with Crippen molar-refractivity contribution in [1.29, 1.82) is 0 Å². The maximum absolute atomic E-state index is 12.3. The first-order valence-electron chi connectivity index (χ1n) is 8.80. The molecule has 0 aliphatic carbocycles. The van der Waals surface area contributed by atoms with Crippen molar-refractivity contribution < 1.29 is 9.53 Å². The number of methoxy groups -OCH3 is 1. The Morgan fingerprint density at radius 3 is 2.68 bits per heavy atom. The van der Waals surface area contributed by atoms with E-state index in [0.29, 0.717) is 6.42 Å². The van der Waals surface area contributed by atoms with E-state index >= 15 is 0 Å². The Labute approximate surface area is 149 Å². The van der Waals surface area contributed by atoms with Gasteiger partial charge in [0.15, 0.2) is 0 Å². The second-order valence-corrected chi connectivity index (χ2v) is 6.48. The fourth-order valence-electron chi connectivity index (χ4n) is 3.14. The van der Waals surface area contributed by atoms with Crippen molar-refractivity contribution in [1.82, 2.24) is 4.98 Å².